The average molecular weight is 387 g/mol. The van der Waals surface area contributed by atoms with Crippen molar-refractivity contribution in [3.05, 3.63) is 62.9 Å². The van der Waals surface area contributed by atoms with E-state index in [0.29, 0.717) is 16.6 Å². The van der Waals surface area contributed by atoms with E-state index in [2.05, 4.69) is 15.3 Å². The maximum absolute atomic E-state index is 12.5. The van der Waals surface area contributed by atoms with Crippen LogP contribution in [0.4, 0.5) is 5.69 Å². The van der Waals surface area contributed by atoms with Crippen molar-refractivity contribution in [3.8, 4) is 0 Å². The lowest BCUT2D eigenvalue weighted by Gasteiger charge is -2.19. The summed E-state index contributed by atoms with van der Waals surface area (Å²) in [5, 5.41) is 3.99. The average Bonchev–Trinajstić information content (AvgIpc) is 2.65. The number of pyridine rings is 1. The molecule has 1 atom stereocenters. The zero-order valence-electron chi connectivity index (χ0n) is 15.4. The van der Waals surface area contributed by atoms with Gasteiger partial charge in [-0.1, -0.05) is 17.7 Å². The molecule has 0 bridgehead atoms. The minimum Gasteiger partial charge on any atom is -0.464 e. The van der Waals surface area contributed by atoms with Crippen molar-refractivity contribution in [2.24, 2.45) is 7.05 Å². The van der Waals surface area contributed by atoms with Crippen LogP contribution in [-0.4, -0.2) is 27.6 Å². The number of ether oxygens (including phenoxy) is 1. The van der Waals surface area contributed by atoms with Gasteiger partial charge in [-0.15, -0.1) is 0 Å². The largest absolute Gasteiger partial charge is 0.464 e. The molecule has 140 valence electrons. The number of methoxy groups -OCH3 is 1. The second-order valence-electron chi connectivity index (χ2n) is 6.30. The molecule has 1 aromatic carbocycles. The third kappa shape index (κ3) is 3.64. The van der Waals surface area contributed by atoms with Gasteiger partial charge >= 0.3 is 5.97 Å². The highest BCUT2D eigenvalue weighted by Gasteiger charge is 2.19. The maximum Gasteiger partial charge on any atom is 0.358 e. The van der Waals surface area contributed by atoms with E-state index in [0.717, 1.165) is 11.1 Å². The molecule has 2 heterocycles. The molecule has 27 heavy (non-hydrogen) atoms. The monoisotopic (exact) mass is 386 g/mol. The summed E-state index contributed by atoms with van der Waals surface area (Å²) in [5.41, 5.74) is 2.87. The number of hydrogen-bond donors (Lipinski definition) is 1. The third-order valence-electron chi connectivity index (χ3n) is 4.27. The van der Waals surface area contributed by atoms with Crippen LogP contribution >= 0.6 is 11.6 Å². The topological polar surface area (TPSA) is 86.1 Å². The van der Waals surface area contributed by atoms with Crippen molar-refractivity contribution in [2.75, 3.05) is 12.4 Å². The third-order valence-corrected chi connectivity index (χ3v) is 4.48. The molecule has 0 unspecified atom stereocenters. The van der Waals surface area contributed by atoms with Crippen LogP contribution in [0.25, 0.3) is 10.9 Å². The normalized spacial score (nSPS) is 12.0. The van der Waals surface area contributed by atoms with Gasteiger partial charge in [0.05, 0.1) is 36.1 Å². The van der Waals surface area contributed by atoms with E-state index >= 15 is 0 Å². The molecule has 0 saturated heterocycles. The van der Waals surface area contributed by atoms with Gasteiger partial charge in [0.2, 0.25) is 0 Å². The van der Waals surface area contributed by atoms with Crippen LogP contribution in [0.5, 0.6) is 0 Å². The molecule has 0 amide bonds. The quantitative estimate of drug-likeness (QED) is 0.547. The summed E-state index contributed by atoms with van der Waals surface area (Å²) >= 11 is 5.91. The first-order valence-corrected chi connectivity index (χ1v) is 8.67. The van der Waals surface area contributed by atoms with Crippen LogP contribution in [0.2, 0.25) is 5.15 Å². The van der Waals surface area contributed by atoms with Gasteiger partial charge in [-0.2, -0.15) is 0 Å². The molecule has 0 saturated carbocycles. The van der Waals surface area contributed by atoms with Crippen molar-refractivity contribution in [2.45, 2.75) is 19.9 Å². The van der Waals surface area contributed by atoms with E-state index in [4.69, 9.17) is 16.3 Å². The minimum absolute atomic E-state index is 0.0951. The summed E-state index contributed by atoms with van der Waals surface area (Å²) in [4.78, 5) is 32.9. The lowest BCUT2D eigenvalue weighted by atomic mass is 10.0. The lowest BCUT2D eigenvalue weighted by molar-refractivity contribution is 0.0595. The van der Waals surface area contributed by atoms with Crippen LogP contribution in [0.15, 0.2) is 35.4 Å². The number of esters is 1. The zero-order chi connectivity index (χ0) is 19.7. The Bertz CT molecular complexity index is 1090. The number of hydrogen-bond acceptors (Lipinski definition) is 6. The number of anilines is 1. The number of nitrogens with one attached hydrogen (secondary N) is 1. The summed E-state index contributed by atoms with van der Waals surface area (Å²) in [7, 11) is 2.95. The van der Waals surface area contributed by atoms with Gasteiger partial charge in [-0.25, -0.2) is 14.8 Å². The van der Waals surface area contributed by atoms with Crippen molar-refractivity contribution in [1.82, 2.24) is 14.5 Å². The van der Waals surface area contributed by atoms with Crippen LogP contribution in [0.3, 0.4) is 0 Å². The highest BCUT2D eigenvalue weighted by molar-refractivity contribution is 6.29. The molecule has 0 fully saturated rings. The highest BCUT2D eigenvalue weighted by atomic mass is 35.5. The minimum atomic E-state index is -0.590. The van der Waals surface area contributed by atoms with Crippen molar-refractivity contribution >= 4 is 34.2 Å². The lowest BCUT2D eigenvalue weighted by Crippen LogP contribution is -2.19. The van der Waals surface area contributed by atoms with E-state index in [1.165, 1.54) is 18.0 Å². The van der Waals surface area contributed by atoms with Crippen LogP contribution in [-0.2, 0) is 11.8 Å². The number of halogens is 1. The van der Waals surface area contributed by atoms with Gasteiger partial charge in [0.25, 0.3) is 5.56 Å². The van der Waals surface area contributed by atoms with Crippen LogP contribution in [0, 0.1) is 6.92 Å². The second-order valence-corrected chi connectivity index (χ2v) is 6.69. The number of benzene rings is 1. The number of rotatable bonds is 4. The summed E-state index contributed by atoms with van der Waals surface area (Å²) < 4.78 is 6.23. The summed E-state index contributed by atoms with van der Waals surface area (Å²) in [5.74, 6) is -0.590. The van der Waals surface area contributed by atoms with Gasteiger partial charge in [0.1, 0.15) is 5.15 Å². The molecule has 1 N–H and O–H groups in total. The fourth-order valence-corrected chi connectivity index (χ4v) is 3.09. The van der Waals surface area contributed by atoms with Gasteiger partial charge in [0, 0.05) is 12.6 Å². The number of fused-ring (bicyclic) bond motifs is 1. The Hall–Kier alpha value is -2.93. The van der Waals surface area contributed by atoms with Crippen LogP contribution in [0.1, 0.15) is 34.6 Å². The first-order valence-electron chi connectivity index (χ1n) is 8.29. The van der Waals surface area contributed by atoms with Crippen molar-refractivity contribution < 1.29 is 9.53 Å². The Balaban J connectivity index is 2.08. The number of nitrogens with zero attached hydrogens (tertiary/aromatic N) is 3. The van der Waals surface area contributed by atoms with E-state index in [1.807, 2.05) is 26.0 Å². The first kappa shape index (κ1) is 18.8. The number of carbonyl (C=O) groups is 1. The van der Waals surface area contributed by atoms with E-state index in [-0.39, 0.29) is 22.4 Å². The van der Waals surface area contributed by atoms with E-state index in [1.54, 1.807) is 19.2 Å². The van der Waals surface area contributed by atoms with Gasteiger partial charge in [-0.05, 0) is 37.6 Å². The molecule has 2 aromatic heterocycles. The van der Waals surface area contributed by atoms with Crippen LogP contribution < -0.4 is 10.9 Å². The van der Waals surface area contributed by atoms with Gasteiger partial charge < -0.3 is 14.6 Å². The second kappa shape index (κ2) is 7.36. The van der Waals surface area contributed by atoms with E-state index < -0.39 is 5.97 Å². The summed E-state index contributed by atoms with van der Waals surface area (Å²) in [6, 6.07) is 6.80. The first-order chi connectivity index (χ1) is 12.8. The summed E-state index contributed by atoms with van der Waals surface area (Å²) in [6.45, 7) is 3.84. The molecule has 3 rings (SSSR count). The molecule has 0 spiro atoms. The molecule has 0 radical (unpaired) electrons. The molecule has 7 nitrogen and oxygen atoms in total. The number of aromatic nitrogens is 3. The summed E-state index contributed by atoms with van der Waals surface area (Å²) in [6.07, 6.45) is 1.50. The zero-order valence-corrected chi connectivity index (χ0v) is 16.2. The predicted molar refractivity (Wildman–Crippen MR) is 104 cm³/mol. The fourth-order valence-electron chi connectivity index (χ4n) is 2.95. The molecule has 0 aliphatic carbocycles. The van der Waals surface area contributed by atoms with E-state index in [9.17, 15) is 9.59 Å². The molecule has 0 aliphatic heterocycles. The fraction of sp³-hybridized carbons (Fsp3) is 0.263. The Morgan fingerprint density at radius 2 is 2.07 bits per heavy atom. The molecular weight excluding hydrogens is 368 g/mol. The SMILES string of the molecule is COC(=O)c1nc(Cl)ccc1N[C@H](C)c1cc(C)cc2c(=O)n(C)cnc12. The van der Waals surface area contributed by atoms with Gasteiger partial charge in [-0.3, -0.25) is 4.79 Å². The predicted octanol–water partition coefficient (Wildman–Crippen LogP) is 3.25. The Kier molecular flexibility index (Phi) is 5.14. The smallest absolute Gasteiger partial charge is 0.358 e. The Morgan fingerprint density at radius 3 is 2.78 bits per heavy atom. The number of carbonyl (C=O) groups excluding carboxylic acids is 1. The standard InChI is InChI=1S/C19H19ClN4O3/c1-10-7-12(16-13(8-10)18(25)24(3)9-21-16)11(2)22-14-5-6-15(20)23-17(14)19(26)27-4/h5-9,11,22H,1-4H3/t11-/m1/s1. The Labute approximate surface area is 161 Å². The highest BCUT2D eigenvalue weighted by Crippen LogP contribution is 2.27. The van der Waals surface area contributed by atoms with Crippen molar-refractivity contribution in [3.63, 3.8) is 0 Å². The van der Waals surface area contributed by atoms with Crippen molar-refractivity contribution in [1.29, 1.82) is 0 Å². The Morgan fingerprint density at radius 1 is 1.33 bits per heavy atom. The molecular formula is C19H19ClN4O3. The molecule has 8 heteroatoms. The van der Waals surface area contributed by atoms with Gasteiger partial charge in [0.15, 0.2) is 5.69 Å². The molecule has 3 aromatic rings. The number of aryl methyl sites for hydroxylation is 2. The molecule has 0 aliphatic rings. The maximum atomic E-state index is 12.5.